The predicted molar refractivity (Wildman–Crippen MR) is 81.4 cm³/mol. The summed E-state index contributed by atoms with van der Waals surface area (Å²) in [6.45, 7) is 5.08. The lowest BCUT2D eigenvalue weighted by Crippen LogP contribution is -2.06. The molecule has 3 nitrogen and oxygen atoms in total. The Labute approximate surface area is 119 Å². The molecule has 0 saturated heterocycles. The highest BCUT2D eigenvalue weighted by Gasteiger charge is 2.12. The summed E-state index contributed by atoms with van der Waals surface area (Å²) in [6.07, 6.45) is 0. The van der Waals surface area contributed by atoms with Gasteiger partial charge >= 0.3 is 0 Å². The molecule has 1 aromatic carbocycles. The zero-order chi connectivity index (χ0) is 13.8. The first-order valence-corrected chi connectivity index (χ1v) is 7.45. The van der Waals surface area contributed by atoms with E-state index in [0.29, 0.717) is 0 Å². The van der Waals surface area contributed by atoms with E-state index in [2.05, 4.69) is 48.5 Å². The second kappa shape index (κ2) is 6.26. The van der Waals surface area contributed by atoms with Gasteiger partial charge in [-0.25, -0.2) is 0 Å². The molecule has 2 aromatic rings. The van der Waals surface area contributed by atoms with E-state index in [1.54, 1.807) is 0 Å². The maximum Gasteiger partial charge on any atom is 0.0987 e. The van der Waals surface area contributed by atoms with Crippen LogP contribution in [0.4, 0.5) is 0 Å². The van der Waals surface area contributed by atoms with Crippen molar-refractivity contribution in [3.63, 3.8) is 0 Å². The second-order valence-corrected chi connectivity index (χ2v) is 5.76. The molecule has 0 aliphatic heterocycles. The largest absolute Gasteiger partial charge is 0.316 e. The summed E-state index contributed by atoms with van der Waals surface area (Å²) in [5.41, 5.74) is 5.10. The van der Waals surface area contributed by atoms with Crippen LogP contribution in [0.25, 0.3) is 0 Å². The van der Waals surface area contributed by atoms with Crippen LogP contribution in [0.15, 0.2) is 29.3 Å². The Kier molecular flexibility index (Phi) is 4.66. The molecule has 0 fully saturated rings. The molecule has 0 aliphatic rings. The second-order valence-electron chi connectivity index (χ2n) is 4.80. The van der Waals surface area contributed by atoms with Crippen molar-refractivity contribution in [3.8, 4) is 0 Å². The molecule has 0 aliphatic carbocycles. The number of aromatic nitrogens is 2. The van der Waals surface area contributed by atoms with Gasteiger partial charge in [0.05, 0.1) is 10.7 Å². The van der Waals surface area contributed by atoms with Gasteiger partial charge < -0.3 is 5.32 Å². The van der Waals surface area contributed by atoms with Gasteiger partial charge in [0.15, 0.2) is 0 Å². The highest BCUT2D eigenvalue weighted by Crippen LogP contribution is 2.28. The monoisotopic (exact) mass is 275 g/mol. The minimum Gasteiger partial charge on any atom is -0.316 e. The molecule has 0 atom stereocenters. The summed E-state index contributed by atoms with van der Waals surface area (Å²) >= 11 is 1.86. The van der Waals surface area contributed by atoms with E-state index < -0.39 is 0 Å². The lowest BCUT2D eigenvalue weighted by Gasteiger charge is -2.07. The molecule has 0 saturated carbocycles. The van der Waals surface area contributed by atoms with Gasteiger partial charge in [0.2, 0.25) is 0 Å². The first kappa shape index (κ1) is 14.2. The quantitative estimate of drug-likeness (QED) is 0.851. The van der Waals surface area contributed by atoms with E-state index in [1.807, 2.05) is 30.5 Å². The topological polar surface area (TPSA) is 29.9 Å². The Balaban J connectivity index is 2.15. The summed E-state index contributed by atoms with van der Waals surface area (Å²) in [5, 5.41) is 8.99. The van der Waals surface area contributed by atoms with Crippen LogP contribution in [0, 0.1) is 13.8 Å². The Morgan fingerprint density at radius 2 is 2.11 bits per heavy atom. The van der Waals surface area contributed by atoms with Crippen molar-refractivity contribution in [1.29, 1.82) is 0 Å². The van der Waals surface area contributed by atoms with Crippen molar-refractivity contribution in [2.45, 2.75) is 31.2 Å². The summed E-state index contributed by atoms with van der Waals surface area (Å²) < 4.78 is 1.99. The van der Waals surface area contributed by atoms with Gasteiger partial charge in [-0.05, 0) is 26.5 Å². The summed E-state index contributed by atoms with van der Waals surface area (Å²) in [7, 11) is 3.99. The van der Waals surface area contributed by atoms with Crippen LogP contribution in [-0.4, -0.2) is 16.8 Å². The number of benzene rings is 1. The van der Waals surface area contributed by atoms with Crippen LogP contribution in [0.5, 0.6) is 0 Å². The van der Waals surface area contributed by atoms with Crippen LogP contribution in [0.3, 0.4) is 0 Å². The molecule has 1 aromatic heterocycles. The van der Waals surface area contributed by atoms with E-state index in [1.165, 1.54) is 21.7 Å². The third kappa shape index (κ3) is 3.39. The fraction of sp³-hybridized carbons (Fsp3) is 0.400. The van der Waals surface area contributed by atoms with Gasteiger partial charge in [0.1, 0.15) is 0 Å². The average Bonchev–Trinajstić information content (AvgIpc) is 2.63. The normalized spacial score (nSPS) is 10.9. The lowest BCUT2D eigenvalue weighted by molar-refractivity contribution is 0.683. The molecule has 0 bridgehead atoms. The molecule has 1 heterocycles. The summed E-state index contributed by atoms with van der Waals surface area (Å²) in [5.74, 6) is 0.983. The number of rotatable bonds is 5. The van der Waals surface area contributed by atoms with E-state index >= 15 is 0 Å². The minimum atomic E-state index is 0.871. The van der Waals surface area contributed by atoms with Crippen molar-refractivity contribution < 1.29 is 0 Å². The number of thioether (sulfide) groups is 1. The molecular weight excluding hydrogens is 254 g/mol. The van der Waals surface area contributed by atoms with Crippen LogP contribution in [-0.2, 0) is 19.3 Å². The van der Waals surface area contributed by atoms with Gasteiger partial charge in [0.25, 0.3) is 0 Å². The van der Waals surface area contributed by atoms with E-state index in [4.69, 9.17) is 0 Å². The summed E-state index contributed by atoms with van der Waals surface area (Å²) in [6, 6.07) is 8.68. The van der Waals surface area contributed by atoms with Gasteiger partial charge in [-0.2, -0.15) is 5.10 Å². The van der Waals surface area contributed by atoms with Crippen LogP contribution >= 0.6 is 11.8 Å². The first-order valence-electron chi connectivity index (χ1n) is 6.47. The SMILES string of the molecule is CNCc1c(C)nn(C)c1SCc1cccc(C)c1. The standard InChI is InChI=1S/C15H21N3S/c1-11-6-5-7-13(8-11)10-19-15-14(9-16-3)12(2)17-18(15)4/h5-8,16H,9-10H2,1-4H3. The Morgan fingerprint density at radius 3 is 2.79 bits per heavy atom. The van der Waals surface area contributed by atoms with Crippen LogP contribution in [0.1, 0.15) is 22.4 Å². The molecule has 1 N–H and O–H groups in total. The van der Waals surface area contributed by atoms with Crippen molar-refractivity contribution in [1.82, 2.24) is 15.1 Å². The predicted octanol–water partition coefficient (Wildman–Crippen LogP) is 3.05. The molecule has 0 unspecified atom stereocenters. The molecule has 4 heteroatoms. The van der Waals surface area contributed by atoms with Crippen LogP contribution in [0.2, 0.25) is 0 Å². The van der Waals surface area contributed by atoms with Crippen LogP contribution < -0.4 is 5.32 Å². The maximum atomic E-state index is 4.52. The van der Waals surface area contributed by atoms with E-state index in [-0.39, 0.29) is 0 Å². The number of nitrogens with zero attached hydrogens (tertiary/aromatic N) is 2. The molecular formula is C15H21N3S. The van der Waals surface area contributed by atoms with Gasteiger partial charge in [-0.1, -0.05) is 29.8 Å². The molecule has 2 rings (SSSR count). The molecule has 0 amide bonds. The van der Waals surface area contributed by atoms with Gasteiger partial charge in [-0.15, -0.1) is 11.8 Å². The van der Waals surface area contributed by atoms with Crippen molar-refractivity contribution >= 4 is 11.8 Å². The lowest BCUT2D eigenvalue weighted by atomic mass is 10.2. The number of aryl methyl sites for hydroxylation is 3. The van der Waals surface area contributed by atoms with Crippen molar-refractivity contribution in [3.05, 3.63) is 46.6 Å². The Hall–Kier alpha value is -1.26. The number of nitrogens with one attached hydrogen (secondary N) is 1. The van der Waals surface area contributed by atoms with Gasteiger partial charge in [-0.3, -0.25) is 4.68 Å². The molecule has 102 valence electrons. The van der Waals surface area contributed by atoms with Crippen molar-refractivity contribution in [2.75, 3.05) is 7.05 Å². The van der Waals surface area contributed by atoms with E-state index in [0.717, 1.165) is 18.0 Å². The highest BCUT2D eigenvalue weighted by atomic mass is 32.2. The molecule has 0 radical (unpaired) electrons. The maximum absolute atomic E-state index is 4.52. The van der Waals surface area contributed by atoms with E-state index in [9.17, 15) is 0 Å². The third-order valence-corrected chi connectivity index (χ3v) is 4.36. The molecule has 19 heavy (non-hydrogen) atoms. The fourth-order valence-corrected chi connectivity index (χ4v) is 3.30. The minimum absolute atomic E-state index is 0.871. The smallest absolute Gasteiger partial charge is 0.0987 e. The molecule has 0 spiro atoms. The zero-order valence-corrected chi connectivity index (χ0v) is 12.8. The third-order valence-electron chi connectivity index (χ3n) is 3.10. The zero-order valence-electron chi connectivity index (χ0n) is 12.0. The summed E-state index contributed by atoms with van der Waals surface area (Å²) in [4.78, 5) is 0. The Bertz CT molecular complexity index is 561. The average molecular weight is 275 g/mol. The Morgan fingerprint density at radius 1 is 1.32 bits per heavy atom. The number of hydrogen-bond donors (Lipinski definition) is 1. The number of hydrogen-bond acceptors (Lipinski definition) is 3. The van der Waals surface area contributed by atoms with Crippen molar-refractivity contribution in [2.24, 2.45) is 7.05 Å². The first-order chi connectivity index (χ1) is 9.11. The highest BCUT2D eigenvalue weighted by molar-refractivity contribution is 7.98. The fourth-order valence-electron chi connectivity index (χ4n) is 2.20. The van der Waals surface area contributed by atoms with Gasteiger partial charge in [0, 0.05) is 24.9 Å².